The number of hydrogen-bond acceptors (Lipinski definition) is 2. The molecule has 0 radical (unpaired) electrons. The van der Waals surface area contributed by atoms with Gasteiger partial charge in [-0.25, -0.2) is 0 Å². The van der Waals surface area contributed by atoms with Crippen LogP contribution in [0.25, 0.3) is 0 Å². The Morgan fingerprint density at radius 1 is 1.60 bits per heavy atom. The first-order valence-corrected chi connectivity index (χ1v) is 5.56. The van der Waals surface area contributed by atoms with Crippen LogP contribution in [0.3, 0.4) is 0 Å². The minimum atomic E-state index is -0.738. The van der Waals surface area contributed by atoms with E-state index in [-0.39, 0.29) is 6.54 Å². The van der Waals surface area contributed by atoms with Crippen LogP contribution in [-0.2, 0) is 4.79 Å². The summed E-state index contributed by atoms with van der Waals surface area (Å²) in [5, 5.41) is 12.7. The lowest BCUT2D eigenvalue weighted by atomic mass is 9.78. The standard InChI is InChI=1S/C12H19NO2/c1-3-10-5-7-12(15,8-6-10)9-13-11(14)4-2/h2,10,15H,3,5-9H2,1H3,(H,13,14). The van der Waals surface area contributed by atoms with Crippen LogP contribution in [0, 0.1) is 18.3 Å². The third-order valence-corrected chi connectivity index (χ3v) is 3.32. The molecule has 0 aliphatic heterocycles. The highest BCUT2D eigenvalue weighted by molar-refractivity contribution is 5.92. The van der Waals surface area contributed by atoms with Crippen LogP contribution in [0.5, 0.6) is 0 Å². The van der Waals surface area contributed by atoms with Gasteiger partial charge in [0.15, 0.2) is 0 Å². The molecule has 3 heteroatoms. The molecule has 1 aliphatic rings. The van der Waals surface area contributed by atoms with Crippen molar-refractivity contribution in [2.75, 3.05) is 6.54 Å². The number of nitrogens with one attached hydrogen (secondary N) is 1. The number of amides is 1. The van der Waals surface area contributed by atoms with Crippen molar-refractivity contribution in [2.24, 2.45) is 5.92 Å². The molecule has 84 valence electrons. The Kier molecular flexibility index (Phi) is 4.16. The second-order valence-corrected chi connectivity index (χ2v) is 4.40. The molecule has 3 nitrogen and oxygen atoms in total. The third-order valence-electron chi connectivity index (χ3n) is 3.32. The molecule has 0 aromatic rings. The molecule has 1 fully saturated rings. The van der Waals surface area contributed by atoms with Gasteiger partial charge in [0.25, 0.3) is 5.91 Å². The smallest absolute Gasteiger partial charge is 0.295 e. The number of rotatable bonds is 3. The molecule has 0 aromatic heterocycles. The lowest BCUT2D eigenvalue weighted by Gasteiger charge is -2.35. The maximum Gasteiger partial charge on any atom is 0.295 e. The van der Waals surface area contributed by atoms with Crippen LogP contribution in [0.15, 0.2) is 0 Å². The van der Waals surface area contributed by atoms with Crippen molar-refractivity contribution in [1.29, 1.82) is 0 Å². The van der Waals surface area contributed by atoms with Gasteiger partial charge in [-0.1, -0.05) is 13.3 Å². The molecule has 0 spiro atoms. The number of hydrogen-bond donors (Lipinski definition) is 2. The van der Waals surface area contributed by atoms with E-state index in [2.05, 4.69) is 12.2 Å². The largest absolute Gasteiger partial charge is 0.388 e. The van der Waals surface area contributed by atoms with E-state index < -0.39 is 11.5 Å². The second-order valence-electron chi connectivity index (χ2n) is 4.40. The van der Waals surface area contributed by atoms with E-state index in [1.165, 1.54) is 6.42 Å². The van der Waals surface area contributed by atoms with Crippen molar-refractivity contribution in [3.05, 3.63) is 0 Å². The fraction of sp³-hybridized carbons (Fsp3) is 0.750. The van der Waals surface area contributed by atoms with Gasteiger partial charge in [0.1, 0.15) is 0 Å². The first-order chi connectivity index (χ1) is 7.09. The summed E-state index contributed by atoms with van der Waals surface area (Å²) in [7, 11) is 0. The summed E-state index contributed by atoms with van der Waals surface area (Å²) in [4.78, 5) is 10.9. The Hall–Kier alpha value is -1.01. The van der Waals surface area contributed by atoms with E-state index in [0.29, 0.717) is 0 Å². The van der Waals surface area contributed by atoms with Gasteiger partial charge in [-0.3, -0.25) is 4.79 Å². The summed E-state index contributed by atoms with van der Waals surface area (Å²) in [5.41, 5.74) is -0.738. The van der Waals surface area contributed by atoms with Crippen LogP contribution in [-0.4, -0.2) is 23.2 Å². The molecule has 0 bridgehead atoms. The van der Waals surface area contributed by atoms with Crippen molar-refractivity contribution in [1.82, 2.24) is 5.32 Å². The lowest BCUT2D eigenvalue weighted by molar-refractivity contribution is -0.117. The van der Waals surface area contributed by atoms with Gasteiger partial charge in [-0.2, -0.15) is 0 Å². The van der Waals surface area contributed by atoms with Crippen LogP contribution in [0.2, 0.25) is 0 Å². The van der Waals surface area contributed by atoms with Crippen molar-refractivity contribution in [2.45, 2.75) is 44.6 Å². The molecule has 1 aliphatic carbocycles. The Morgan fingerprint density at radius 3 is 2.67 bits per heavy atom. The average Bonchev–Trinajstić information content (AvgIpc) is 2.27. The van der Waals surface area contributed by atoms with Gasteiger partial charge < -0.3 is 10.4 Å². The predicted molar refractivity (Wildman–Crippen MR) is 59.0 cm³/mol. The number of aliphatic hydroxyl groups is 1. The molecule has 2 N–H and O–H groups in total. The maximum atomic E-state index is 10.9. The molecule has 0 saturated heterocycles. The Balaban J connectivity index is 2.35. The fourth-order valence-corrected chi connectivity index (χ4v) is 2.10. The van der Waals surface area contributed by atoms with Crippen LogP contribution in [0.4, 0.5) is 0 Å². The van der Waals surface area contributed by atoms with Crippen LogP contribution < -0.4 is 5.32 Å². The van der Waals surface area contributed by atoms with Gasteiger partial charge in [0.05, 0.1) is 5.60 Å². The second kappa shape index (κ2) is 5.18. The normalized spacial score (nSPS) is 30.6. The fourth-order valence-electron chi connectivity index (χ4n) is 2.10. The summed E-state index contributed by atoms with van der Waals surface area (Å²) >= 11 is 0. The highest BCUT2D eigenvalue weighted by atomic mass is 16.3. The Bertz CT molecular complexity index is 259. The van der Waals surface area contributed by atoms with E-state index in [4.69, 9.17) is 6.42 Å². The van der Waals surface area contributed by atoms with Gasteiger partial charge in [0.2, 0.25) is 0 Å². The van der Waals surface area contributed by atoms with E-state index >= 15 is 0 Å². The topological polar surface area (TPSA) is 49.3 Å². The first kappa shape index (κ1) is 12.1. The summed E-state index contributed by atoms with van der Waals surface area (Å²) < 4.78 is 0. The molecular formula is C12H19NO2. The van der Waals surface area contributed by atoms with Gasteiger partial charge in [-0.05, 0) is 37.5 Å². The summed E-state index contributed by atoms with van der Waals surface area (Å²) in [6, 6.07) is 0. The number of terminal acetylenes is 1. The SMILES string of the molecule is C#CC(=O)NCC1(O)CCC(CC)CC1. The highest BCUT2D eigenvalue weighted by Gasteiger charge is 2.32. The zero-order chi connectivity index (χ0) is 11.3. The quantitative estimate of drug-likeness (QED) is 0.683. The molecule has 0 heterocycles. The van der Waals surface area contributed by atoms with Gasteiger partial charge in [-0.15, -0.1) is 6.42 Å². The molecule has 0 aromatic carbocycles. The van der Waals surface area contributed by atoms with Gasteiger partial charge >= 0.3 is 0 Å². The minimum Gasteiger partial charge on any atom is -0.388 e. The molecule has 1 rings (SSSR count). The zero-order valence-corrected chi connectivity index (χ0v) is 9.25. The molecule has 1 amide bonds. The summed E-state index contributed by atoms with van der Waals surface area (Å²) in [5.74, 6) is 2.27. The summed E-state index contributed by atoms with van der Waals surface area (Å²) in [6.45, 7) is 2.46. The van der Waals surface area contributed by atoms with Crippen LogP contribution >= 0.6 is 0 Å². The minimum absolute atomic E-state index is 0.284. The number of carbonyl (C=O) groups is 1. The lowest BCUT2D eigenvalue weighted by Crippen LogP contribution is -2.45. The molecular weight excluding hydrogens is 190 g/mol. The molecule has 15 heavy (non-hydrogen) atoms. The highest BCUT2D eigenvalue weighted by Crippen LogP contribution is 2.33. The molecule has 0 unspecified atom stereocenters. The Labute approximate surface area is 91.3 Å². The van der Waals surface area contributed by atoms with Gasteiger partial charge in [0, 0.05) is 6.54 Å². The van der Waals surface area contributed by atoms with E-state index in [0.717, 1.165) is 31.6 Å². The van der Waals surface area contributed by atoms with E-state index in [1.807, 2.05) is 5.92 Å². The number of carbonyl (C=O) groups excluding carboxylic acids is 1. The van der Waals surface area contributed by atoms with Crippen molar-refractivity contribution in [3.63, 3.8) is 0 Å². The average molecular weight is 209 g/mol. The monoisotopic (exact) mass is 209 g/mol. The van der Waals surface area contributed by atoms with Crippen molar-refractivity contribution >= 4 is 5.91 Å². The molecule has 0 atom stereocenters. The summed E-state index contributed by atoms with van der Waals surface area (Å²) in [6.07, 6.45) is 9.71. The zero-order valence-electron chi connectivity index (χ0n) is 9.25. The Morgan fingerprint density at radius 2 is 2.20 bits per heavy atom. The van der Waals surface area contributed by atoms with Crippen molar-refractivity contribution in [3.8, 4) is 12.3 Å². The predicted octanol–water partition coefficient (Wildman–Crippen LogP) is 1.07. The first-order valence-electron chi connectivity index (χ1n) is 5.56. The van der Waals surface area contributed by atoms with E-state index in [1.54, 1.807) is 0 Å². The van der Waals surface area contributed by atoms with Crippen molar-refractivity contribution < 1.29 is 9.90 Å². The maximum absolute atomic E-state index is 10.9. The van der Waals surface area contributed by atoms with Crippen LogP contribution in [0.1, 0.15) is 39.0 Å². The van der Waals surface area contributed by atoms with E-state index in [9.17, 15) is 9.90 Å². The third kappa shape index (κ3) is 3.56. The molecule has 1 saturated carbocycles.